The molecule has 0 aliphatic carbocycles. The van der Waals surface area contributed by atoms with Crippen LogP contribution in [0.15, 0.2) is 17.1 Å². The Bertz CT molecular complexity index is 504. The molecule has 0 spiro atoms. The SMILES string of the molecule is Nc1ccn(CC2COP(=O)(O)CO2)c(=O)n1. The summed E-state index contributed by atoms with van der Waals surface area (Å²) in [7, 11) is -3.59. The van der Waals surface area contributed by atoms with Crippen LogP contribution in [0, 0.1) is 0 Å². The summed E-state index contributed by atoms with van der Waals surface area (Å²) in [5.41, 5.74) is 4.85. The van der Waals surface area contributed by atoms with Gasteiger partial charge in [0.1, 0.15) is 18.3 Å². The molecule has 94 valence electrons. The van der Waals surface area contributed by atoms with Crippen LogP contribution in [0.5, 0.6) is 0 Å². The first kappa shape index (κ1) is 12.3. The van der Waals surface area contributed by atoms with Crippen LogP contribution in [-0.4, -0.2) is 33.5 Å². The third-order valence-electron chi connectivity index (χ3n) is 2.23. The number of ether oxygens (including phenoxy) is 1. The molecular weight excluding hydrogens is 249 g/mol. The van der Waals surface area contributed by atoms with Gasteiger partial charge in [0.15, 0.2) is 0 Å². The van der Waals surface area contributed by atoms with Crippen LogP contribution in [0.1, 0.15) is 0 Å². The monoisotopic (exact) mass is 261 g/mol. The lowest BCUT2D eigenvalue weighted by molar-refractivity contribution is -0.00859. The van der Waals surface area contributed by atoms with Crippen molar-refractivity contribution in [3.8, 4) is 0 Å². The largest absolute Gasteiger partial charge is 0.383 e. The molecule has 8 nitrogen and oxygen atoms in total. The molecule has 0 aromatic carbocycles. The van der Waals surface area contributed by atoms with Gasteiger partial charge in [0.25, 0.3) is 0 Å². The summed E-state index contributed by atoms with van der Waals surface area (Å²) in [6, 6.07) is 1.49. The average molecular weight is 261 g/mol. The van der Waals surface area contributed by atoms with E-state index in [0.29, 0.717) is 0 Å². The first-order valence-electron chi connectivity index (χ1n) is 4.87. The third kappa shape index (κ3) is 3.13. The van der Waals surface area contributed by atoms with Crippen LogP contribution in [0.25, 0.3) is 0 Å². The molecule has 17 heavy (non-hydrogen) atoms. The van der Waals surface area contributed by atoms with E-state index in [2.05, 4.69) is 4.98 Å². The van der Waals surface area contributed by atoms with Crippen molar-refractivity contribution < 1.29 is 18.7 Å². The number of hydrogen-bond acceptors (Lipinski definition) is 6. The number of nitrogens with two attached hydrogens (primary N) is 1. The highest BCUT2D eigenvalue weighted by Crippen LogP contribution is 2.44. The predicted octanol–water partition coefficient (Wildman–Crippen LogP) is -0.616. The molecule has 1 aliphatic heterocycles. The highest BCUT2D eigenvalue weighted by molar-refractivity contribution is 7.52. The van der Waals surface area contributed by atoms with E-state index in [1.807, 2.05) is 0 Å². The Labute approximate surface area is 96.5 Å². The Kier molecular flexibility index (Phi) is 3.30. The van der Waals surface area contributed by atoms with Gasteiger partial charge in [-0.1, -0.05) is 0 Å². The van der Waals surface area contributed by atoms with Gasteiger partial charge in [-0.25, -0.2) is 4.79 Å². The van der Waals surface area contributed by atoms with Crippen molar-refractivity contribution in [2.75, 3.05) is 18.7 Å². The molecular formula is C8H12N3O5P. The lowest BCUT2D eigenvalue weighted by atomic mass is 10.3. The Balaban J connectivity index is 2.03. The van der Waals surface area contributed by atoms with Crippen molar-refractivity contribution in [3.05, 3.63) is 22.7 Å². The molecule has 1 saturated heterocycles. The van der Waals surface area contributed by atoms with Crippen molar-refractivity contribution in [2.45, 2.75) is 12.6 Å². The Morgan fingerprint density at radius 3 is 3.06 bits per heavy atom. The normalized spacial score (nSPS) is 29.1. The Morgan fingerprint density at radius 2 is 2.47 bits per heavy atom. The van der Waals surface area contributed by atoms with Crippen LogP contribution in [-0.2, 0) is 20.4 Å². The lowest BCUT2D eigenvalue weighted by Gasteiger charge is -2.26. The van der Waals surface area contributed by atoms with Crippen molar-refractivity contribution in [3.63, 3.8) is 0 Å². The van der Waals surface area contributed by atoms with Crippen LogP contribution in [0.2, 0.25) is 0 Å². The molecule has 0 amide bonds. The Hall–Kier alpha value is -1.21. The average Bonchev–Trinajstić information content (AvgIpc) is 2.25. The van der Waals surface area contributed by atoms with Crippen LogP contribution < -0.4 is 11.4 Å². The Morgan fingerprint density at radius 1 is 1.71 bits per heavy atom. The number of nitrogens with zero attached hydrogens (tertiary/aromatic N) is 2. The molecule has 3 N–H and O–H groups in total. The van der Waals surface area contributed by atoms with Crippen LogP contribution in [0.3, 0.4) is 0 Å². The second kappa shape index (κ2) is 4.58. The minimum atomic E-state index is -3.59. The number of nitrogen functional groups attached to an aromatic ring is 1. The van der Waals surface area contributed by atoms with Gasteiger partial charge in [0, 0.05) is 6.20 Å². The lowest BCUT2D eigenvalue weighted by Crippen LogP contribution is -2.34. The zero-order valence-electron chi connectivity index (χ0n) is 8.85. The van der Waals surface area contributed by atoms with E-state index in [4.69, 9.17) is 19.9 Å². The summed E-state index contributed by atoms with van der Waals surface area (Å²) < 4.78 is 22.2. The number of aromatic nitrogens is 2. The molecule has 0 saturated carbocycles. The zero-order chi connectivity index (χ0) is 12.5. The first-order chi connectivity index (χ1) is 7.96. The molecule has 2 unspecified atom stereocenters. The van der Waals surface area contributed by atoms with Gasteiger partial charge in [-0.2, -0.15) is 4.98 Å². The molecule has 2 heterocycles. The first-order valence-corrected chi connectivity index (χ1v) is 6.63. The van der Waals surface area contributed by atoms with E-state index in [-0.39, 0.29) is 25.3 Å². The van der Waals surface area contributed by atoms with Gasteiger partial charge in [-0.15, -0.1) is 0 Å². The second-order valence-electron chi connectivity index (χ2n) is 3.64. The van der Waals surface area contributed by atoms with Gasteiger partial charge in [-0.05, 0) is 6.07 Å². The van der Waals surface area contributed by atoms with Crippen LogP contribution >= 0.6 is 7.60 Å². The maximum Gasteiger partial charge on any atom is 0.353 e. The highest BCUT2D eigenvalue weighted by atomic mass is 31.2. The van der Waals surface area contributed by atoms with Gasteiger partial charge in [0.05, 0.1) is 13.2 Å². The zero-order valence-corrected chi connectivity index (χ0v) is 9.75. The van der Waals surface area contributed by atoms with Gasteiger partial charge >= 0.3 is 13.3 Å². The van der Waals surface area contributed by atoms with E-state index in [1.165, 1.54) is 16.8 Å². The van der Waals surface area contributed by atoms with Gasteiger partial charge in [-0.3, -0.25) is 9.13 Å². The fourth-order valence-electron chi connectivity index (χ4n) is 1.39. The van der Waals surface area contributed by atoms with Crippen molar-refractivity contribution in [2.24, 2.45) is 0 Å². The van der Waals surface area contributed by atoms with Crippen molar-refractivity contribution in [1.82, 2.24) is 9.55 Å². The maximum absolute atomic E-state index is 11.4. The molecule has 1 aromatic heterocycles. The summed E-state index contributed by atoms with van der Waals surface area (Å²) in [5.74, 6) is 0.145. The molecule has 0 radical (unpaired) electrons. The van der Waals surface area contributed by atoms with E-state index in [0.717, 1.165) is 0 Å². The van der Waals surface area contributed by atoms with E-state index < -0.39 is 19.4 Å². The van der Waals surface area contributed by atoms with Gasteiger partial charge < -0.3 is 19.9 Å². The predicted molar refractivity (Wildman–Crippen MR) is 58.4 cm³/mol. The summed E-state index contributed by atoms with van der Waals surface area (Å²) in [6.45, 7) is 0.163. The summed E-state index contributed by atoms with van der Waals surface area (Å²) >= 11 is 0. The minimum absolute atomic E-state index is 0.0371. The fourth-order valence-corrected chi connectivity index (χ4v) is 2.26. The second-order valence-corrected chi connectivity index (χ2v) is 5.43. The molecule has 2 atom stereocenters. The summed E-state index contributed by atoms with van der Waals surface area (Å²) in [5, 5.41) is 0. The maximum atomic E-state index is 11.4. The van der Waals surface area contributed by atoms with Crippen molar-refractivity contribution >= 4 is 13.4 Å². The molecule has 9 heteroatoms. The fraction of sp³-hybridized carbons (Fsp3) is 0.500. The topological polar surface area (TPSA) is 117 Å². The quantitative estimate of drug-likeness (QED) is 0.681. The summed E-state index contributed by atoms with van der Waals surface area (Å²) in [4.78, 5) is 24.0. The third-order valence-corrected chi connectivity index (χ3v) is 3.26. The molecule has 1 aliphatic rings. The summed E-state index contributed by atoms with van der Waals surface area (Å²) in [6.07, 6.45) is 0.669. The smallest absolute Gasteiger partial charge is 0.353 e. The standard InChI is InChI=1S/C8H12N3O5P/c9-7-1-2-11(8(12)10-7)3-6-4-16-17(13,14)5-15-6/h1-2,6H,3-5H2,(H,13,14)(H2,9,10,12). The molecule has 2 rings (SSSR count). The highest BCUT2D eigenvalue weighted by Gasteiger charge is 2.29. The minimum Gasteiger partial charge on any atom is -0.383 e. The van der Waals surface area contributed by atoms with Crippen molar-refractivity contribution in [1.29, 1.82) is 0 Å². The molecule has 1 fully saturated rings. The number of hydrogen-bond donors (Lipinski definition) is 2. The molecule has 0 bridgehead atoms. The number of anilines is 1. The van der Waals surface area contributed by atoms with Crippen LogP contribution in [0.4, 0.5) is 5.82 Å². The molecule has 1 aromatic rings. The van der Waals surface area contributed by atoms with Gasteiger partial charge in [0.2, 0.25) is 0 Å². The number of rotatable bonds is 2. The van der Waals surface area contributed by atoms with E-state index in [1.54, 1.807) is 0 Å². The van der Waals surface area contributed by atoms with E-state index in [9.17, 15) is 9.36 Å². The van der Waals surface area contributed by atoms with E-state index >= 15 is 0 Å².